The zero-order chi connectivity index (χ0) is 20.5. The van der Waals surface area contributed by atoms with E-state index in [0.717, 1.165) is 11.3 Å². The number of hydrogen-bond donors (Lipinski definition) is 1. The Morgan fingerprint density at radius 2 is 1.57 bits per heavy atom. The highest BCUT2D eigenvalue weighted by Gasteiger charge is 2.15. The van der Waals surface area contributed by atoms with Crippen LogP contribution >= 0.6 is 0 Å². The third kappa shape index (κ3) is 5.90. The number of hydrogen-bond acceptors (Lipinski definition) is 5. The summed E-state index contributed by atoms with van der Waals surface area (Å²) in [5.41, 5.74) is 1.58. The Bertz CT molecular complexity index is 805. The van der Waals surface area contributed by atoms with E-state index in [1.165, 1.54) is 18.9 Å². The fourth-order valence-corrected chi connectivity index (χ4v) is 2.67. The normalized spacial score (nSPS) is 10.1. The van der Waals surface area contributed by atoms with Gasteiger partial charge >= 0.3 is 0 Å². The maximum absolute atomic E-state index is 12.4. The molecular formula is C21H26N2O5. The third-order valence-corrected chi connectivity index (χ3v) is 4.29. The predicted octanol–water partition coefficient (Wildman–Crippen LogP) is 2.74. The van der Waals surface area contributed by atoms with E-state index in [0.29, 0.717) is 30.2 Å². The van der Waals surface area contributed by atoms with Crippen LogP contribution in [0.2, 0.25) is 0 Å². The summed E-state index contributed by atoms with van der Waals surface area (Å²) in [6.45, 7) is 1.85. The Morgan fingerprint density at radius 3 is 2.14 bits per heavy atom. The Hall–Kier alpha value is -3.22. The fourth-order valence-electron chi connectivity index (χ4n) is 2.67. The zero-order valence-electron chi connectivity index (χ0n) is 16.7. The molecule has 0 aliphatic carbocycles. The van der Waals surface area contributed by atoms with E-state index in [-0.39, 0.29) is 18.4 Å². The Morgan fingerprint density at radius 1 is 0.929 bits per heavy atom. The van der Waals surface area contributed by atoms with Gasteiger partial charge in [-0.05, 0) is 36.2 Å². The minimum absolute atomic E-state index is 0.0410. The number of methoxy groups -OCH3 is 3. The van der Waals surface area contributed by atoms with Crippen LogP contribution in [0.1, 0.15) is 12.5 Å². The fraction of sp³-hybridized carbons (Fsp3) is 0.333. The lowest BCUT2D eigenvalue weighted by atomic mass is 10.1. The monoisotopic (exact) mass is 386 g/mol. The van der Waals surface area contributed by atoms with Crippen molar-refractivity contribution in [2.24, 2.45) is 0 Å². The molecule has 2 aromatic carbocycles. The first-order valence-corrected chi connectivity index (χ1v) is 8.87. The number of carbonyl (C=O) groups excluding carboxylic acids is 2. The molecule has 0 saturated carbocycles. The predicted molar refractivity (Wildman–Crippen MR) is 107 cm³/mol. The topological polar surface area (TPSA) is 77.1 Å². The highest BCUT2D eigenvalue weighted by atomic mass is 16.5. The molecule has 0 saturated heterocycles. The quantitative estimate of drug-likeness (QED) is 0.717. The molecular weight excluding hydrogens is 360 g/mol. The number of anilines is 1. The molecule has 1 N–H and O–H groups in total. The second kappa shape index (κ2) is 10.2. The van der Waals surface area contributed by atoms with E-state index in [2.05, 4.69) is 5.32 Å². The van der Waals surface area contributed by atoms with Crippen LogP contribution in [0, 0.1) is 0 Å². The van der Waals surface area contributed by atoms with Crippen LogP contribution in [-0.2, 0) is 16.0 Å². The first kappa shape index (κ1) is 21.1. The Kier molecular flexibility index (Phi) is 7.68. The lowest BCUT2D eigenvalue weighted by Gasteiger charge is -2.21. The van der Waals surface area contributed by atoms with Gasteiger partial charge in [0.2, 0.25) is 11.8 Å². The Labute approximate surface area is 165 Å². The smallest absolute Gasteiger partial charge is 0.244 e. The number of amides is 2. The van der Waals surface area contributed by atoms with Crippen LogP contribution in [0.15, 0.2) is 42.5 Å². The van der Waals surface area contributed by atoms with Crippen molar-refractivity contribution in [3.8, 4) is 17.2 Å². The van der Waals surface area contributed by atoms with Gasteiger partial charge in [0.05, 0.1) is 33.6 Å². The molecule has 0 aliphatic heterocycles. The van der Waals surface area contributed by atoms with Crippen LogP contribution < -0.4 is 19.5 Å². The molecule has 150 valence electrons. The van der Waals surface area contributed by atoms with Crippen LogP contribution in [0.3, 0.4) is 0 Å². The van der Waals surface area contributed by atoms with Gasteiger partial charge in [-0.25, -0.2) is 0 Å². The molecule has 2 aromatic rings. The van der Waals surface area contributed by atoms with Gasteiger partial charge in [0.15, 0.2) is 0 Å². The zero-order valence-corrected chi connectivity index (χ0v) is 16.7. The van der Waals surface area contributed by atoms with Crippen LogP contribution in [0.25, 0.3) is 0 Å². The molecule has 2 amide bonds. The summed E-state index contributed by atoms with van der Waals surface area (Å²) in [4.78, 5) is 25.9. The van der Waals surface area contributed by atoms with Crippen molar-refractivity contribution in [2.75, 3.05) is 39.7 Å². The van der Waals surface area contributed by atoms with Gasteiger partial charge in [-0.3, -0.25) is 9.59 Å². The summed E-state index contributed by atoms with van der Waals surface area (Å²) >= 11 is 0. The van der Waals surface area contributed by atoms with Crippen molar-refractivity contribution >= 4 is 17.5 Å². The van der Waals surface area contributed by atoms with Gasteiger partial charge in [0, 0.05) is 19.5 Å². The van der Waals surface area contributed by atoms with E-state index >= 15 is 0 Å². The van der Waals surface area contributed by atoms with Crippen LogP contribution in [0.4, 0.5) is 5.69 Å². The molecule has 7 nitrogen and oxygen atoms in total. The summed E-state index contributed by atoms with van der Waals surface area (Å²) in [5.74, 6) is 1.43. The SMILES string of the molecule is COc1ccc(CCN(CC(=O)Nc2ccc(OC)cc2OC)C(C)=O)cc1. The standard InChI is InChI=1S/C21H26N2O5/c1-15(24)23(12-11-16-5-7-17(26-2)8-6-16)14-21(25)22-19-10-9-18(27-3)13-20(19)28-4/h5-10,13H,11-12,14H2,1-4H3,(H,22,25). The van der Waals surface area contributed by atoms with Crippen molar-refractivity contribution in [1.29, 1.82) is 0 Å². The number of benzene rings is 2. The number of nitrogens with one attached hydrogen (secondary N) is 1. The van der Waals surface area contributed by atoms with Gasteiger partial charge in [-0.2, -0.15) is 0 Å². The molecule has 0 bridgehead atoms. The maximum Gasteiger partial charge on any atom is 0.244 e. The molecule has 0 atom stereocenters. The largest absolute Gasteiger partial charge is 0.497 e. The highest BCUT2D eigenvalue weighted by molar-refractivity contribution is 5.95. The summed E-state index contributed by atoms with van der Waals surface area (Å²) in [7, 11) is 4.69. The van der Waals surface area contributed by atoms with Crippen molar-refractivity contribution in [3.05, 3.63) is 48.0 Å². The summed E-state index contributed by atoms with van der Waals surface area (Å²) < 4.78 is 15.6. The molecule has 0 aromatic heterocycles. The second-order valence-corrected chi connectivity index (χ2v) is 6.15. The first-order chi connectivity index (χ1) is 13.5. The molecule has 0 heterocycles. The average molecular weight is 386 g/mol. The van der Waals surface area contributed by atoms with E-state index in [1.54, 1.807) is 32.4 Å². The average Bonchev–Trinajstić information content (AvgIpc) is 2.71. The minimum Gasteiger partial charge on any atom is -0.497 e. The molecule has 2 rings (SSSR count). The van der Waals surface area contributed by atoms with Crippen molar-refractivity contribution in [3.63, 3.8) is 0 Å². The lowest BCUT2D eigenvalue weighted by molar-refractivity contribution is -0.132. The number of nitrogens with zero attached hydrogens (tertiary/aromatic N) is 1. The molecule has 0 spiro atoms. The van der Waals surface area contributed by atoms with E-state index < -0.39 is 0 Å². The molecule has 7 heteroatoms. The summed E-state index contributed by atoms with van der Waals surface area (Å²) in [6, 6.07) is 12.7. The van der Waals surface area contributed by atoms with Gasteiger partial charge in [0.1, 0.15) is 17.2 Å². The number of ether oxygens (including phenoxy) is 3. The van der Waals surface area contributed by atoms with Crippen molar-refractivity contribution < 1.29 is 23.8 Å². The minimum atomic E-state index is -0.298. The Balaban J connectivity index is 1.97. The number of rotatable bonds is 9. The van der Waals surface area contributed by atoms with Gasteiger partial charge < -0.3 is 24.4 Å². The maximum atomic E-state index is 12.4. The molecule has 28 heavy (non-hydrogen) atoms. The lowest BCUT2D eigenvalue weighted by Crippen LogP contribution is -2.38. The summed E-state index contributed by atoms with van der Waals surface area (Å²) in [6.07, 6.45) is 0.642. The van der Waals surface area contributed by atoms with E-state index in [4.69, 9.17) is 14.2 Å². The van der Waals surface area contributed by atoms with E-state index in [9.17, 15) is 9.59 Å². The van der Waals surface area contributed by atoms with Gasteiger partial charge in [0.25, 0.3) is 0 Å². The van der Waals surface area contributed by atoms with Crippen molar-refractivity contribution in [1.82, 2.24) is 4.90 Å². The summed E-state index contributed by atoms with van der Waals surface area (Å²) in [5, 5.41) is 2.78. The van der Waals surface area contributed by atoms with Crippen LogP contribution in [-0.4, -0.2) is 51.1 Å². The molecule has 0 fully saturated rings. The molecule has 0 aliphatic rings. The van der Waals surface area contributed by atoms with E-state index in [1.807, 2.05) is 24.3 Å². The molecule has 0 radical (unpaired) electrons. The third-order valence-electron chi connectivity index (χ3n) is 4.29. The van der Waals surface area contributed by atoms with Crippen molar-refractivity contribution in [2.45, 2.75) is 13.3 Å². The van der Waals surface area contributed by atoms with Crippen LogP contribution in [0.5, 0.6) is 17.2 Å². The second-order valence-electron chi connectivity index (χ2n) is 6.15. The van der Waals surface area contributed by atoms with Gasteiger partial charge in [-0.1, -0.05) is 12.1 Å². The first-order valence-electron chi connectivity index (χ1n) is 8.87. The highest BCUT2D eigenvalue weighted by Crippen LogP contribution is 2.28. The van der Waals surface area contributed by atoms with Gasteiger partial charge in [-0.15, -0.1) is 0 Å². The molecule has 0 unspecified atom stereocenters. The number of carbonyl (C=O) groups is 2.